The number of nitrogens with zero attached hydrogens (tertiary/aromatic N) is 5. The Labute approximate surface area is 109 Å². The number of benzene rings is 1. The highest BCUT2D eigenvalue weighted by Crippen LogP contribution is 2.15. The molecule has 19 heavy (non-hydrogen) atoms. The molecule has 0 aliphatic rings. The monoisotopic (exact) mass is 253 g/mol. The topological polar surface area (TPSA) is 73.6 Å². The van der Waals surface area contributed by atoms with Crippen molar-refractivity contribution in [3.05, 3.63) is 48.3 Å². The number of Topliss-reactive ketones (excluding diaryl/α,β-unsaturated/α-hetero) is 1. The maximum absolute atomic E-state index is 12.3. The molecule has 6 heteroatoms. The zero-order chi connectivity index (χ0) is 13.2. The van der Waals surface area contributed by atoms with Crippen molar-refractivity contribution in [2.24, 2.45) is 7.05 Å². The maximum Gasteiger partial charge on any atom is 0.172 e. The highest BCUT2D eigenvalue weighted by atomic mass is 16.1. The second kappa shape index (κ2) is 4.56. The summed E-state index contributed by atoms with van der Waals surface area (Å²) in [4.78, 5) is 24.8. The van der Waals surface area contributed by atoms with Crippen molar-refractivity contribution in [3.8, 4) is 0 Å². The molecule has 0 aliphatic heterocycles. The summed E-state index contributed by atoms with van der Waals surface area (Å²) in [6, 6.07) is 5.40. The molecule has 2 aromatic heterocycles. The second-order valence-electron chi connectivity index (χ2n) is 4.13. The Kier molecular flexibility index (Phi) is 2.75. The first-order valence-corrected chi connectivity index (χ1v) is 5.81. The fraction of sp³-hybridized carbons (Fsp3) is 0.154. The van der Waals surface area contributed by atoms with E-state index in [9.17, 15) is 4.79 Å². The Morgan fingerprint density at radius 1 is 1.21 bits per heavy atom. The third-order valence-electron chi connectivity index (χ3n) is 2.92. The lowest BCUT2D eigenvalue weighted by Gasteiger charge is -2.04. The van der Waals surface area contributed by atoms with E-state index < -0.39 is 0 Å². The first-order valence-electron chi connectivity index (χ1n) is 5.81. The Bertz CT molecular complexity index is 744. The maximum atomic E-state index is 12.3. The Morgan fingerprint density at radius 3 is 2.84 bits per heavy atom. The Hall–Kier alpha value is -2.63. The molecule has 0 saturated heterocycles. The van der Waals surface area contributed by atoms with Gasteiger partial charge in [0, 0.05) is 25.0 Å². The van der Waals surface area contributed by atoms with E-state index in [2.05, 4.69) is 20.1 Å². The number of rotatable bonds is 3. The van der Waals surface area contributed by atoms with Crippen molar-refractivity contribution in [2.75, 3.05) is 0 Å². The highest BCUT2D eigenvalue weighted by molar-refractivity contribution is 6.06. The summed E-state index contributed by atoms with van der Waals surface area (Å²) in [5, 5.41) is 3.95. The number of aryl methyl sites for hydroxylation is 1. The van der Waals surface area contributed by atoms with Crippen LogP contribution < -0.4 is 0 Å². The van der Waals surface area contributed by atoms with Crippen LogP contribution in [0.5, 0.6) is 0 Å². The predicted octanol–water partition coefficient (Wildman–Crippen LogP) is 1.18. The molecule has 1 aromatic carbocycles. The van der Waals surface area contributed by atoms with Crippen LogP contribution in [0.15, 0.2) is 36.9 Å². The number of aromatic nitrogens is 5. The molecule has 0 radical (unpaired) electrons. The quantitative estimate of drug-likeness (QED) is 0.655. The Balaban J connectivity index is 2.00. The fourth-order valence-electron chi connectivity index (χ4n) is 1.94. The van der Waals surface area contributed by atoms with Crippen molar-refractivity contribution >= 4 is 16.8 Å². The molecule has 3 rings (SSSR count). The van der Waals surface area contributed by atoms with Crippen LogP contribution in [0, 0.1) is 0 Å². The summed E-state index contributed by atoms with van der Waals surface area (Å²) in [5.74, 6) is 0.591. The van der Waals surface area contributed by atoms with Gasteiger partial charge in [-0.1, -0.05) is 6.07 Å². The van der Waals surface area contributed by atoms with Crippen LogP contribution in [0.25, 0.3) is 11.0 Å². The van der Waals surface area contributed by atoms with E-state index in [-0.39, 0.29) is 12.2 Å². The lowest BCUT2D eigenvalue weighted by atomic mass is 10.1. The van der Waals surface area contributed by atoms with Gasteiger partial charge in [0.15, 0.2) is 5.78 Å². The number of hydrogen-bond donors (Lipinski definition) is 0. The van der Waals surface area contributed by atoms with Crippen LogP contribution in [0.3, 0.4) is 0 Å². The number of carbonyl (C=O) groups is 1. The molecule has 94 valence electrons. The molecule has 0 bridgehead atoms. The van der Waals surface area contributed by atoms with Gasteiger partial charge < -0.3 is 0 Å². The fourth-order valence-corrected chi connectivity index (χ4v) is 1.94. The zero-order valence-corrected chi connectivity index (χ0v) is 10.3. The van der Waals surface area contributed by atoms with E-state index in [4.69, 9.17) is 0 Å². The van der Waals surface area contributed by atoms with Gasteiger partial charge in [-0.2, -0.15) is 5.10 Å². The molecule has 0 saturated carbocycles. The van der Waals surface area contributed by atoms with Crippen molar-refractivity contribution in [1.82, 2.24) is 24.7 Å². The van der Waals surface area contributed by atoms with Gasteiger partial charge in [-0.3, -0.25) is 19.4 Å². The molecule has 0 N–H and O–H groups in total. The van der Waals surface area contributed by atoms with Crippen molar-refractivity contribution in [2.45, 2.75) is 6.42 Å². The van der Waals surface area contributed by atoms with Gasteiger partial charge in [0.2, 0.25) is 0 Å². The van der Waals surface area contributed by atoms with E-state index >= 15 is 0 Å². The third kappa shape index (κ3) is 2.08. The number of ketones is 1. The number of para-hydroxylation sites is 1. The summed E-state index contributed by atoms with van der Waals surface area (Å²) < 4.78 is 1.59. The Morgan fingerprint density at radius 2 is 2.05 bits per heavy atom. The van der Waals surface area contributed by atoms with E-state index in [1.165, 1.54) is 6.33 Å². The first-order chi connectivity index (χ1) is 9.25. The van der Waals surface area contributed by atoms with Crippen LogP contribution in [-0.2, 0) is 13.5 Å². The van der Waals surface area contributed by atoms with Crippen molar-refractivity contribution in [1.29, 1.82) is 0 Å². The van der Waals surface area contributed by atoms with E-state index in [1.807, 2.05) is 6.07 Å². The van der Waals surface area contributed by atoms with E-state index in [0.29, 0.717) is 22.4 Å². The minimum Gasteiger partial charge on any atom is -0.294 e. The van der Waals surface area contributed by atoms with Gasteiger partial charge in [0.25, 0.3) is 0 Å². The van der Waals surface area contributed by atoms with Crippen molar-refractivity contribution < 1.29 is 4.79 Å². The minimum absolute atomic E-state index is 0.0396. The smallest absolute Gasteiger partial charge is 0.172 e. The normalized spacial score (nSPS) is 10.8. The molecular formula is C13H11N5O. The van der Waals surface area contributed by atoms with Gasteiger partial charge in [-0.05, 0) is 12.1 Å². The predicted molar refractivity (Wildman–Crippen MR) is 68.6 cm³/mol. The van der Waals surface area contributed by atoms with E-state index in [0.717, 1.165) is 0 Å². The summed E-state index contributed by atoms with van der Waals surface area (Å²) in [6.07, 6.45) is 4.83. The first kappa shape index (κ1) is 11.5. The number of hydrogen-bond acceptors (Lipinski definition) is 5. The number of fused-ring (bicyclic) bond motifs is 1. The highest BCUT2D eigenvalue weighted by Gasteiger charge is 2.14. The number of carbonyl (C=O) groups excluding carboxylic acids is 1. The van der Waals surface area contributed by atoms with Crippen LogP contribution >= 0.6 is 0 Å². The summed E-state index contributed by atoms with van der Waals surface area (Å²) in [7, 11) is 1.76. The molecule has 0 amide bonds. The van der Waals surface area contributed by atoms with Gasteiger partial charge >= 0.3 is 0 Å². The molecule has 0 unspecified atom stereocenters. The largest absolute Gasteiger partial charge is 0.294 e. The molecular weight excluding hydrogens is 242 g/mol. The molecule has 0 atom stereocenters. The molecule has 0 spiro atoms. The van der Waals surface area contributed by atoms with Crippen LogP contribution in [0.2, 0.25) is 0 Å². The minimum atomic E-state index is -0.0396. The summed E-state index contributed by atoms with van der Waals surface area (Å²) in [6.45, 7) is 0. The van der Waals surface area contributed by atoms with Crippen LogP contribution in [-0.4, -0.2) is 30.5 Å². The van der Waals surface area contributed by atoms with Gasteiger partial charge in [-0.25, -0.2) is 4.98 Å². The van der Waals surface area contributed by atoms with Gasteiger partial charge in [0.1, 0.15) is 12.2 Å². The van der Waals surface area contributed by atoms with Crippen LogP contribution in [0.1, 0.15) is 16.2 Å². The van der Waals surface area contributed by atoms with Crippen LogP contribution in [0.4, 0.5) is 0 Å². The van der Waals surface area contributed by atoms with Crippen molar-refractivity contribution in [3.63, 3.8) is 0 Å². The SMILES string of the molecule is Cn1ncnc1CC(=O)c1cccc2nccnc12. The third-order valence-corrected chi connectivity index (χ3v) is 2.92. The summed E-state index contributed by atoms with van der Waals surface area (Å²) >= 11 is 0. The molecule has 0 fully saturated rings. The second-order valence-corrected chi connectivity index (χ2v) is 4.13. The van der Waals surface area contributed by atoms with Gasteiger partial charge in [0.05, 0.1) is 17.5 Å². The molecule has 6 nitrogen and oxygen atoms in total. The van der Waals surface area contributed by atoms with E-state index in [1.54, 1.807) is 36.3 Å². The summed E-state index contributed by atoms with van der Waals surface area (Å²) in [5.41, 5.74) is 1.90. The molecule has 3 aromatic rings. The van der Waals surface area contributed by atoms with Gasteiger partial charge in [-0.15, -0.1) is 0 Å². The zero-order valence-electron chi connectivity index (χ0n) is 10.3. The molecule has 2 heterocycles. The lowest BCUT2D eigenvalue weighted by Crippen LogP contribution is -2.10. The standard InChI is InChI=1S/C13H11N5O/c1-18-12(16-8-17-18)7-11(19)9-3-2-4-10-13(9)15-6-5-14-10/h2-6,8H,7H2,1H3. The molecule has 0 aliphatic carbocycles. The lowest BCUT2D eigenvalue weighted by molar-refractivity contribution is 0.0991. The average Bonchev–Trinajstić information content (AvgIpc) is 2.83. The average molecular weight is 253 g/mol.